The molecule has 6 aliphatic carbocycles. The molecule has 0 radical (unpaired) electrons. The molecular weight excluding hydrogens is 314 g/mol. The van der Waals surface area contributed by atoms with Crippen molar-refractivity contribution in [2.24, 2.45) is 23.7 Å². The number of rotatable bonds is 0. The van der Waals surface area contributed by atoms with Crippen LogP contribution in [0.3, 0.4) is 0 Å². The van der Waals surface area contributed by atoms with Crippen molar-refractivity contribution in [1.82, 2.24) is 0 Å². The Morgan fingerprint density at radius 2 is 1.57 bits per heavy atom. The fourth-order valence-electron chi connectivity index (χ4n) is 5.77. The zero-order valence-electron chi connectivity index (χ0n) is 15.0. The number of hydrogen-bond acceptors (Lipinski definition) is 0. The minimum atomic E-state index is 0. The molecule has 6 rings (SSSR count). The summed E-state index contributed by atoms with van der Waals surface area (Å²) in [5.74, 6) is 3.76. The third-order valence-electron chi connectivity index (χ3n) is 6.26. The molecule has 2 heteroatoms. The fraction of sp³-hybridized carbons (Fsp3) is 0.667. The Balaban J connectivity index is 0.000000207. The summed E-state index contributed by atoms with van der Waals surface area (Å²) >= 11 is 0. The summed E-state index contributed by atoms with van der Waals surface area (Å²) < 4.78 is 0. The van der Waals surface area contributed by atoms with Crippen molar-refractivity contribution in [3.05, 3.63) is 50.8 Å². The van der Waals surface area contributed by atoms with Crippen LogP contribution in [0.15, 0.2) is 23.8 Å². The Morgan fingerprint density at radius 3 is 2.04 bits per heavy atom. The number of fused-ring (bicyclic) bond motifs is 1. The van der Waals surface area contributed by atoms with Crippen LogP contribution in [-0.2, 0) is 21.7 Å². The van der Waals surface area contributed by atoms with Gasteiger partial charge in [0.1, 0.15) is 0 Å². The number of allylic oxidation sites excluding steroid dienone is 4. The molecule has 23 heavy (non-hydrogen) atoms. The third kappa shape index (κ3) is 4.62. The largest absolute Gasteiger partial charge is 4.00 e. The van der Waals surface area contributed by atoms with Gasteiger partial charge in [0.25, 0.3) is 0 Å². The second-order valence-electron chi connectivity index (χ2n) is 8.03. The van der Waals surface area contributed by atoms with E-state index < -0.39 is 0 Å². The maximum atomic E-state index is 8.21. The van der Waals surface area contributed by atoms with Crippen LogP contribution in [0.4, 0.5) is 0 Å². The first-order valence-corrected chi connectivity index (χ1v) is 8.62. The van der Waals surface area contributed by atoms with Crippen molar-refractivity contribution in [2.75, 3.05) is 0 Å². The first-order chi connectivity index (χ1) is 9.70. The minimum absolute atomic E-state index is 0. The van der Waals surface area contributed by atoms with Crippen LogP contribution in [0.5, 0.6) is 0 Å². The molecule has 1 N–H and O–H groups in total. The van der Waals surface area contributed by atoms with Crippen LogP contribution >= 0.6 is 0 Å². The minimum Gasteiger partial charge on any atom is -0.672 e. The summed E-state index contributed by atoms with van der Waals surface area (Å²) in [5, 5.41) is 0. The molecule has 5 saturated carbocycles. The Labute approximate surface area is 159 Å². The molecule has 1 nitrogen and oxygen atoms in total. The first-order valence-electron chi connectivity index (χ1n) is 8.62. The van der Waals surface area contributed by atoms with Gasteiger partial charge in [-0.15, -0.1) is 5.54 Å². The van der Waals surface area contributed by atoms with Crippen molar-refractivity contribution in [1.29, 1.82) is 0 Å². The zero-order chi connectivity index (χ0) is 13.6. The Bertz CT molecular complexity index is 402. The van der Waals surface area contributed by atoms with Crippen LogP contribution in [-0.4, -0.2) is 5.54 Å². The van der Waals surface area contributed by atoms with Crippen molar-refractivity contribution in [3.8, 4) is 0 Å². The molecule has 0 amide bonds. The van der Waals surface area contributed by atoms with Crippen LogP contribution in [0.25, 0.3) is 5.73 Å². The molecule has 1 atom stereocenters. The molecule has 0 aromatic rings. The average molecular weight is 347 g/mol. The van der Waals surface area contributed by atoms with E-state index in [4.69, 9.17) is 5.73 Å². The van der Waals surface area contributed by atoms with Crippen molar-refractivity contribution in [3.63, 3.8) is 0 Å². The van der Waals surface area contributed by atoms with Gasteiger partial charge in [0, 0.05) is 0 Å². The average Bonchev–Trinajstić information content (AvgIpc) is 2.84. The molecule has 0 aliphatic heterocycles. The van der Waals surface area contributed by atoms with E-state index in [1.807, 2.05) is 0 Å². The Morgan fingerprint density at radius 1 is 1.00 bits per heavy atom. The van der Waals surface area contributed by atoms with Gasteiger partial charge < -0.3 is 27.0 Å². The molecule has 0 aromatic carbocycles. The topological polar surface area (TPSA) is 23.8 Å². The van der Waals surface area contributed by atoms with E-state index in [1.165, 1.54) is 57.8 Å². The van der Waals surface area contributed by atoms with Gasteiger partial charge in [-0.25, -0.2) is 0 Å². The fourth-order valence-corrected chi connectivity index (χ4v) is 5.77. The van der Waals surface area contributed by atoms with Gasteiger partial charge in [0.2, 0.25) is 0 Å². The van der Waals surface area contributed by atoms with Crippen LogP contribution < -0.4 is 0 Å². The van der Waals surface area contributed by atoms with Gasteiger partial charge in [-0.2, -0.15) is 12.8 Å². The summed E-state index contributed by atoms with van der Waals surface area (Å²) in [7, 11) is 0. The van der Waals surface area contributed by atoms with E-state index in [-0.39, 0.29) is 42.1 Å². The van der Waals surface area contributed by atoms with Crippen LogP contribution in [0, 0.1) is 44.9 Å². The predicted molar refractivity (Wildman–Crippen MR) is 96.9 cm³/mol. The van der Waals surface area contributed by atoms with Crippen LogP contribution in [0.2, 0.25) is 0 Å². The van der Waals surface area contributed by atoms with E-state index in [0.717, 1.165) is 23.7 Å². The van der Waals surface area contributed by atoms with Crippen molar-refractivity contribution in [2.45, 2.75) is 63.3 Å². The van der Waals surface area contributed by atoms with Gasteiger partial charge in [-0.05, 0) is 49.4 Å². The van der Waals surface area contributed by atoms with E-state index in [0.29, 0.717) is 0 Å². The SMILES string of the molecule is C1=CCC2C[CH-]CC2=C1.[CH3-].[CH3-].[NH-]C12CC3CC(CC(C3)C1)C2.[Ti+4]. The van der Waals surface area contributed by atoms with E-state index in [2.05, 4.69) is 24.6 Å². The van der Waals surface area contributed by atoms with E-state index in [1.54, 1.807) is 5.57 Å². The molecule has 4 bridgehead atoms. The molecule has 6 aliphatic rings. The zero-order valence-corrected chi connectivity index (χ0v) is 16.5. The molecule has 0 spiro atoms. The van der Waals surface area contributed by atoms with Gasteiger partial charge in [0.15, 0.2) is 0 Å². The summed E-state index contributed by atoms with van der Waals surface area (Å²) in [6, 6.07) is 0. The molecule has 5 fully saturated rings. The summed E-state index contributed by atoms with van der Waals surface area (Å²) in [5.41, 5.74) is 9.91. The normalized spacial score (nSPS) is 41.3. The monoisotopic (exact) mass is 347 g/mol. The summed E-state index contributed by atoms with van der Waals surface area (Å²) in [6.07, 6.45) is 21.1. The smallest absolute Gasteiger partial charge is 0.672 e. The maximum absolute atomic E-state index is 8.21. The quantitative estimate of drug-likeness (QED) is 0.358. The standard InChI is InChI=1S/C10H16N.C9H11.2CH3.Ti/c11-10-4-7-1-8(5-10)3-9(2-7)6-10;1-2-5-9-7-3-6-8(9)4-1;;;/h7-9,11H,1-6H2;1-4,9H,5-7H2;2*1H3;/q4*-1;+4. The second-order valence-corrected chi connectivity index (χ2v) is 8.03. The molecule has 126 valence electrons. The summed E-state index contributed by atoms with van der Waals surface area (Å²) in [6.45, 7) is 0. The number of nitrogens with one attached hydrogen (secondary N) is 1. The van der Waals surface area contributed by atoms with E-state index >= 15 is 0 Å². The number of hydrogen-bond donors (Lipinski definition) is 0. The van der Waals surface area contributed by atoms with Crippen molar-refractivity contribution >= 4 is 0 Å². The van der Waals surface area contributed by atoms with Gasteiger partial charge >= 0.3 is 21.7 Å². The van der Waals surface area contributed by atoms with Gasteiger partial charge in [0.05, 0.1) is 0 Å². The third-order valence-corrected chi connectivity index (χ3v) is 6.26. The van der Waals surface area contributed by atoms with Crippen LogP contribution in [0.1, 0.15) is 57.8 Å². The predicted octanol–water partition coefficient (Wildman–Crippen LogP) is 6.39. The molecular formula is C21H33NTi. The van der Waals surface area contributed by atoms with E-state index in [9.17, 15) is 0 Å². The second kappa shape index (κ2) is 8.50. The molecule has 0 heterocycles. The van der Waals surface area contributed by atoms with Gasteiger partial charge in [-0.1, -0.05) is 43.1 Å². The Kier molecular flexibility index (Phi) is 7.83. The maximum Gasteiger partial charge on any atom is 4.00 e. The first kappa shape index (κ1) is 21.2. The molecule has 1 unspecified atom stereocenters. The molecule has 0 aromatic heterocycles. The molecule has 0 saturated heterocycles. The summed E-state index contributed by atoms with van der Waals surface area (Å²) in [4.78, 5) is 0. The van der Waals surface area contributed by atoms with Gasteiger partial charge in [-0.3, -0.25) is 0 Å². The Hall–Kier alpha value is 0.154. The van der Waals surface area contributed by atoms with Crippen molar-refractivity contribution < 1.29 is 21.7 Å².